The minimum Gasteiger partial charge on any atom is -0.310 e. The Morgan fingerprint density at radius 3 is 2.40 bits per heavy atom. The van der Waals surface area contributed by atoms with Crippen LogP contribution in [0.2, 0.25) is 10.0 Å². The Morgan fingerprint density at radius 1 is 1.15 bits per heavy atom. The molecule has 1 aliphatic rings. The van der Waals surface area contributed by atoms with Crippen LogP contribution in [0.5, 0.6) is 0 Å². The molecule has 1 N–H and O–H groups in total. The van der Waals surface area contributed by atoms with Gasteiger partial charge in [0.05, 0.1) is 5.92 Å². The zero-order valence-electron chi connectivity index (χ0n) is 10.8. The average molecular weight is 326 g/mol. The van der Waals surface area contributed by atoms with E-state index in [0.717, 1.165) is 12.0 Å². The number of alkyl halides is 3. The fraction of sp³-hybridized carbons (Fsp3) is 0.571. The van der Waals surface area contributed by atoms with Crippen molar-refractivity contribution in [3.8, 4) is 0 Å². The van der Waals surface area contributed by atoms with Crippen LogP contribution in [0.15, 0.2) is 18.2 Å². The largest absolute Gasteiger partial charge is 0.391 e. The van der Waals surface area contributed by atoms with E-state index in [1.165, 1.54) is 0 Å². The van der Waals surface area contributed by atoms with E-state index in [4.69, 9.17) is 23.2 Å². The van der Waals surface area contributed by atoms with E-state index in [0.29, 0.717) is 23.0 Å². The standard InChI is InChI=1S/C14H16Cl2F3N/c15-12-5-2-6-13(16)11(12)8-20-10-4-1-3-9(7-10)14(17,18)19/h2,5-6,9-10,20H,1,3-4,7-8H2. The van der Waals surface area contributed by atoms with Gasteiger partial charge in [-0.05, 0) is 31.4 Å². The number of nitrogens with one attached hydrogen (secondary N) is 1. The van der Waals surface area contributed by atoms with Crippen LogP contribution in [-0.2, 0) is 6.54 Å². The van der Waals surface area contributed by atoms with Gasteiger partial charge in [0.15, 0.2) is 0 Å². The van der Waals surface area contributed by atoms with E-state index >= 15 is 0 Å². The molecule has 1 aliphatic carbocycles. The Morgan fingerprint density at radius 2 is 1.80 bits per heavy atom. The predicted octanol–water partition coefficient (Wildman–Crippen LogP) is 5.20. The molecule has 0 aromatic heterocycles. The van der Waals surface area contributed by atoms with Gasteiger partial charge >= 0.3 is 6.18 Å². The highest BCUT2D eigenvalue weighted by molar-refractivity contribution is 6.35. The molecular weight excluding hydrogens is 310 g/mol. The van der Waals surface area contributed by atoms with Crippen LogP contribution < -0.4 is 5.32 Å². The van der Waals surface area contributed by atoms with Crippen LogP contribution in [0.25, 0.3) is 0 Å². The molecule has 0 spiro atoms. The lowest BCUT2D eigenvalue weighted by molar-refractivity contribution is -0.183. The SMILES string of the molecule is FC(F)(F)C1CCCC(NCc2c(Cl)cccc2Cl)C1. The third kappa shape index (κ3) is 4.03. The van der Waals surface area contributed by atoms with E-state index in [2.05, 4.69) is 5.32 Å². The molecule has 2 rings (SSSR count). The number of rotatable bonds is 3. The van der Waals surface area contributed by atoms with Crippen molar-refractivity contribution in [1.29, 1.82) is 0 Å². The minimum atomic E-state index is -4.09. The smallest absolute Gasteiger partial charge is 0.310 e. The molecule has 1 aromatic carbocycles. The summed E-state index contributed by atoms with van der Waals surface area (Å²) in [6, 6.07) is 5.06. The van der Waals surface area contributed by atoms with Crippen molar-refractivity contribution in [2.24, 2.45) is 5.92 Å². The zero-order chi connectivity index (χ0) is 14.8. The number of hydrogen-bond donors (Lipinski definition) is 1. The van der Waals surface area contributed by atoms with Crippen LogP contribution in [-0.4, -0.2) is 12.2 Å². The number of halogens is 5. The Balaban J connectivity index is 1.94. The summed E-state index contributed by atoms with van der Waals surface area (Å²) in [7, 11) is 0. The first-order valence-corrected chi connectivity index (χ1v) is 7.36. The second-order valence-corrected chi connectivity index (χ2v) is 6.00. The quantitative estimate of drug-likeness (QED) is 0.804. The second kappa shape index (κ2) is 6.54. The predicted molar refractivity (Wildman–Crippen MR) is 75.1 cm³/mol. The molecule has 0 bridgehead atoms. The van der Waals surface area contributed by atoms with Gasteiger partial charge in [-0.15, -0.1) is 0 Å². The lowest BCUT2D eigenvalue weighted by atomic mass is 9.85. The molecule has 0 amide bonds. The summed E-state index contributed by atoms with van der Waals surface area (Å²) in [5.41, 5.74) is 0.741. The van der Waals surface area contributed by atoms with Crippen LogP contribution in [0, 0.1) is 5.92 Å². The van der Waals surface area contributed by atoms with Crippen molar-refractivity contribution >= 4 is 23.2 Å². The second-order valence-electron chi connectivity index (χ2n) is 5.18. The number of hydrogen-bond acceptors (Lipinski definition) is 1. The first-order chi connectivity index (χ1) is 9.38. The summed E-state index contributed by atoms with van der Waals surface area (Å²) in [5, 5.41) is 4.22. The molecule has 1 aromatic rings. The van der Waals surface area contributed by atoms with Crippen molar-refractivity contribution in [3.63, 3.8) is 0 Å². The molecule has 1 nitrogen and oxygen atoms in total. The van der Waals surface area contributed by atoms with E-state index in [-0.39, 0.29) is 18.9 Å². The molecule has 2 atom stereocenters. The maximum atomic E-state index is 12.7. The van der Waals surface area contributed by atoms with Gasteiger partial charge in [-0.3, -0.25) is 0 Å². The molecule has 1 saturated carbocycles. The minimum absolute atomic E-state index is 0.131. The molecule has 0 aliphatic heterocycles. The Kier molecular flexibility index (Phi) is 5.21. The van der Waals surface area contributed by atoms with Crippen molar-refractivity contribution in [2.75, 3.05) is 0 Å². The Hall–Kier alpha value is -0.450. The molecule has 0 heterocycles. The van der Waals surface area contributed by atoms with E-state index in [9.17, 15) is 13.2 Å². The van der Waals surface area contributed by atoms with E-state index in [1.54, 1.807) is 18.2 Å². The fourth-order valence-electron chi connectivity index (χ4n) is 2.62. The zero-order valence-corrected chi connectivity index (χ0v) is 12.3. The molecule has 6 heteroatoms. The van der Waals surface area contributed by atoms with E-state index in [1.807, 2.05) is 0 Å². The highest BCUT2D eigenvalue weighted by atomic mass is 35.5. The summed E-state index contributed by atoms with van der Waals surface area (Å²) < 4.78 is 38.2. The summed E-state index contributed by atoms with van der Waals surface area (Å²) >= 11 is 12.1. The first-order valence-electron chi connectivity index (χ1n) is 6.61. The monoisotopic (exact) mass is 325 g/mol. The van der Waals surface area contributed by atoms with E-state index < -0.39 is 12.1 Å². The molecule has 20 heavy (non-hydrogen) atoms. The average Bonchev–Trinajstić information content (AvgIpc) is 2.37. The maximum Gasteiger partial charge on any atom is 0.391 e. The van der Waals surface area contributed by atoms with Gasteiger partial charge in [0.2, 0.25) is 0 Å². The van der Waals surface area contributed by atoms with Crippen molar-refractivity contribution in [2.45, 2.75) is 44.4 Å². The third-order valence-corrected chi connectivity index (χ3v) is 4.47. The van der Waals surface area contributed by atoms with Crippen LogP contribution in [0.3, 0.4) is 0 Å². The first kappa shape index (κ1) is 15.9. The Bertz CT molecular complexity index is 442. The summed E-state index contributed by atoms with van der Waals surface area (Å²) in [5.74, 6) is -1.20. The lowest BCUT2D eigenvalue weighted by Crippen LogP contribution is -2.38. The van der Waals surface area contributed by atoms with Crippen molar-refractivity contribution in [1.82, 2.24) is 5.32 Å². The molecular formula is C14H16Cl2F3N. The van der Waals surface area contributed by atoms with Crippen LogP contribution in [0.4, 0.5) is 13.2 Å². The van der Waals surface area contributed by atoms with Gasteiger partial charge in [-0.2, -0.15) is 13.2 Å². The van der Waals surface area contributed by atoms with Crippen molar-refractivity contribution in [3.05, 3.63) is 33.8 Å². The summed E-state index contributed by atoms with van der Waals surface area (Å²) in [6.07, 6.45) is -2.38. The van der Waals surface area contributed by atoms with Crippen LogP contribution in [0.1, 0.15) is 31.2 Å². The molecule has 1 fully saturated rings. The van der Waals surface area contributed by atoms with Crippen LogP contribution >= 0.6 is 23.2 Å². The van der Waals surface area contributed by atoms with Crippen molar-refractivity contribution < 1.29 is 13.2 Å². The summed E-state index contributed by atoms with van der Waals surface area (Å²) in [6.45, 7) is 0.397. The lowest BCUT2D eigenvalue weighted by Gasteiger charge is -2.31. The normalized spacial score (nSPS) is 23.9. The van der Waals surface area contributed by atoms with Gasteiger partial charge < -0.3 is 5.32 Å². The molecule has 0 radical (unpaired) electrons. The highest BCUT2D eigenvalue weighted by Gasteiger charge is 2.41. The molecule has 0 saturated heterocycles. The maximum absolute atomic E-state index is 12.7. The fourth-order valence-corrected chi connectivity index (χ4v) is 3.15. The topological polar surface area (TPSA) is 12.0 Å². The summed E-state index contributed by atoms with van der Waals surface area (Å²) in [4.78, 5) is 0. The van der Waals surface area contributed by atoms with Gasteiger partial charge in [0.1, 0.15) is 0 Å². The van der Waals surface area contributed by atoms with Gasteiger partial charge in [-0.25, -0.2) is 0 Å². The number of benzene rings is 1. The van der Waals surface area contributed by atoms with Gasteiger partial charge in [0, 0.05) is 28.2 Å². The van der Waals surface area contributed by atoms with Gasteiger partial charge in [-0.1, -0.05) is 35.7 Å². The molecule has 2 unspecified atom stereocenters. The Labute approximate surface area is 126 Å². The highest BCUT2D eigenvalue weighted by Crippen LogP contribution is 2.37. The molecule has 112 valence electrons. The van der Waals surface area contributed by atoms with Gasteiger partial charge in [0.25, 0.3) is 0 Å². The third-order valence-electron chi connectivity index (χ3n) is 3.77.